The summed E-state index contributed by atoms with van der Waals surface area (Å²) in [6, 6.07) is 9.44. The Morgan fingerprint density at radius 1 is 0.958 bits per heavy atom. The maximum atomic E-state index is 13.0. The quantitative estimate of drug-likeness (QED) is 0.867. The van der Waals surface area contributed by atoms with E-state index in [2.05, 4.69) is 0 Å². The van der Waals surface area contributed by atoms with Crippen molar-refractivity contribution in [3.05, 3.63) is 53.6 Å². The zero-order valence-electron chi connectivity index (χ0n) is 13.3. The average molecular weight is 341 g/mol. The fourth-order valence-corrected chi connectivity index (χ4v) is 2.16. The Morgan fingerprint density at radius 2 is 1.54 bits per heavy atom. The molecule has 7 heteroatoms. The Balaban J connectivity index is 2.39. The Morgan fingerprint density at radius 3 is 2.08 bits per heavy atom. The minimum atomic E-state index is -4.61. The van der Waals surface area contributed by atoms with E-state index in [4.69, 9.17) is 19.9 Å². The van der Waals surface area contributed by atoms with Gasteiger partial charge in [0.15, 0.2) is 11.5 Å². The number of hydrogen-bond acceptors (Lipinski definition) is 4. The van der Waals surface area contributed by atoms with Gasteiger partial charge in [-0.2, -0.15) is 13.2 Å². The molecule has 24 heavy (non-hydrogen) atoms. The topological polar surface area (TPSA) is 53.7 Å². The van der Waals surface area contributed by atoms with Crippen molar-refractivity contribution < 1.29 is 27.4 Å². The lowest BCUT2D eigenvalue weighted by molar-refractivity contribution is -0.149. The predicted molar refractivity (Wildman–Crippen MR) is 83.3 cm³/mol. The van der Waals surface area contributed by atoms with Crippen LogP contribution in [-0.4, -0.2) is 20.4 Å². The maximum absolute atomic E-state index is 13.0. The Hall–Kier alpha value is -2.41. The summed E-state index contributed by atoms with van der Waals surface area (Å²) in [5.41, 5.74) is 5.96. The van der Waals surface area contributed by atoms with E-state index < -0.39 is 12.2 Å². The van der Waals surface area contributed by atoms with Gasteiger partial charge in [-0.05, 0) is 11.6 Å². The molecule has 2 rings (SSSR count). The first-order valence-corrected chi connectivity index (χ1v) is 7.11. The van der Waals surface area contributed by atoms with E-state index in [0.29, 0.717) is 0 Å². The van der Waals surface area contributed by atoms with Gasteiger partial charge in [-0.3, -0.25) is 0 Å². The molecule has 0 aromatic heterocycles. The number of ether oxygens (including phenoxy) is 3. The molecule has 0 radical (unpaired) electrons. The highest BCUT2D eigenvalue weighted by atomic mass is 19.4. The second-order valence-corrected chi connectivity index (χ2v) is 5.04. The van der Waals surface area contributed by atoms with Crippen LogP contribution in [0.5, 0.6) is 17.2 Å². The third-order valence-corrected chi connectivity index (χ3v) is 3.44. The fraction of sp³-hybridized carbons (Fsp3) is 0.294. The zero-order valence-corrected chi connectivity index (χ0v) is 13.3. The first-order chi connectivity index (χ1) is 11.4. The predicted octanol–water partition coefficient (Wildman–Crippen LogP) is 3.84. The highest BCUT2D eigenvalue weighted by Gasteiger charge is 2.40. The molecule has 0 saturated carbocycles. The number of rotatable bonds is 6. The standard InChI is InChI=1S/C17H18F3NO3/c1-22-14-8-12(16(21)17(18,19)20)13(9-15(14)23-2)24-10-11-6-4-3-5-7-11/h3-9,16H,10,21H2,1-2H3/t16-/m0/s1. The van der Waals surface area contributed by atoms with Gasteiger partial charge in [0, 0.05) is 11.6 Å². The molecular formula is C17H18F3NO3. The van der Waals surface area contributed by atoms with Gasteiger partial charge in [-0.15, -0.1) is 0 Å². The molecule has 0 unspecified atom stereocenters. The van der Waals surface area contributed by atoms with Crippen molar-refractivity contribution in [1.82, 2.24) is 0 Å². The smallest absolute Gasteiger partial charge is 0.407 e. The maximum Gasteiger partial charge on any atom is 0.407 e. The summed E-state index contributed by atoms with van der Waals surface area (Å²) in [5.74, 6) is 0.416. The van der Waals surface area contributed by atoms with Gasteiger partial charge in [-0.25, -0.2) is 0 Å². The third-order valence-electron chi connectivity index (χ3n) is 3.44. The monoisotopic (exact) mass is 341 g/mol. The second kappa shape index (κ2) is 7.44. The summed E-state index contributed by atoms with van der Waals surface area (Å²) >= 11 is 0. The van der Waals surface area contributed by atoms with Crippen LogP contribution in [0.25, 0.3) is 0 Å². The summed E-state index contributed by atoms with van der Waals surface area (Å²) < 4.78 is 54.9. The van der Waals surface area contributed by atoms with E-state index in [1.54, 1.807) is 0 Å². The average Bonchev–Trinajstić information content (AvgIpc) is 2.58. The van der Waals surface area contributed by atoms with E-state index in [-0.39, 0.29) is 29.4 Å². The largest absolute Gasteiger partial charge is 0.493 e. The molecule has 4 nitrogen and oxygen atoms in total. The molecular weight excluding hydrogens is 323 g/mol. The van der Waals surface area contributed by atoms with E-state index in [0.717, 1.165) is 5.56 Å². The van der Waals surface area contributed by atoms with Crippen molar-refractivity contribution >= 4 is 0 Å². The van der Waals surface area contributed by atoms with Crippen molar-refractivity contribution in [2.75, 3.05) is 14.2 Å². The van der Waals surface area contributed by atoms with Crippen LogP contribution >= 0.6 is 0 Å². The van der Waals surface area contributed by atoms with Crippen LogP contribution < -0.4 is 19.9 Å². The van der Waals surface area contributed by atoms with Crippen LogP contribution in [0.4, 0.5) is 13.2 Å². The highest BCUT2D eigenvalue weighted by Crippen LogP contribution is 2.41. The SMILES string of the molecule is COc1cc(OCc2ccccc2)c([C@H](N)C(F)(F)F)cc1OC. The first-order valence-electron chi connectivity index (χ1n) is 7.11. The van der Waals surface area contributed by atoms with Crippen LogP contribution in [0.15, 0.2) is 42.5 Å². The molecule has 0 aliphatic rings. The van der Waals surface area contributed by atoms with E-state index in [1.807, 2.05) is 30.3 Å². The van der Waals surface area contributed by atoms with Crippen LogP contribution in [0.1, 0.15) is 17.2 Å². The van der Waals surface area contributed by atoms with Gasteiger partial charge < -0.3 is 19.9 Å². The molecule has 1 atom stereocenters. The van der Waals surface area contributed by atoms with Crippen molar-refractivity contribution in [3.63, 3.8) is 0 Å². The normalized spacial score (nSPS) is 12.6. The van der Waals surface area contributed by atoms with Gasteiger partial charge in [-0.1, -0.05) is 30.3 Å². The molecule has 2 N–H and O–H groups in total. The number of benzene rings is 2. The molecule has 0 bridgehead atoms. The lowest BCUT2D eigenvalue weighted by atomic mass is 10.0. The Bertz CT molecular complexity index is 675. The third kappa shape index (κ3) is 4.11. The summed E-state index contributed by atoms with van der Waals surface area (Å²) in [4.78, 5) is 0. The molecule has 0 heterocycles. The van der Waals surface area contributed by atoms with Crippen molar-refractivity contribution in [2.24, 2.45) is 5.73 Å². The van der Waals surface area contributed by atoms with E-state index in [1.165, 1.54) is 26.4 Å². The summed E-state index contributed by atoms with van der Waals surface area (Å²) in [6.45, 7) is 0.105. The number of nitrogens with two attached hydrogens (primary N) is 1. The van der Waals surface area contributed by atoms with E-state index in [9.17, 15) is 13.2 Å². The van der Waals surface area contributed by atoms with E-state index >= 15 is 0 Å². The highest BCUT2D eigenvalue weighted by molar-refractivity contribution is 5.52. The molecule has 0 saturated heterocycles. The van der Waals surface area contributed by atoms with Crippen LogP contribution in [0, 0.1) is 0 Å². The molecule has 2 aromatic rings. The number of hydrogen-bond donors (Lipinski definition) is 1. The lowest BCUT2D eigenvalue weighted by Crippen LogP contribution is -2.29. The van der Waals surface area contributed by atoms with Crippen molar-refractivity contribution in [2.45, 2.75) is 18.8 Å². The molecule has 0 amide bonds. The van der Waals surface area contributed by atoms with Gasteiger partial charge in [0.25, 0.3) is 0 Å². The first kappa shape index (κ1) is 17.9. The Kier molecular flexibility index (Phi) is 5.56. The molecule has 2 aromatic carbocycles. The van der Waals surface area contributed by atoms with Gasteiger partial charge >= 0.3 is 6.18 Å². The van der Waals surface area contributed by atoms with Gasteiger partial charge in [0.1, 0.15) is 18.4 Å². The van der Waals surface area contributed by atoms with Crippen LogP contribution in [0.2, 0.25) is 0 Å². The zero-order chi connectivity index (χ0) is 17.7. The van der Waals surface area contributed by atoms with Gasteiger partial charge in [0.05, 0.1) is 14.2 Å². The van der Waals surface area contributed by atoms with Crippen molar-refractivity contribution in [1.29, 1.82) is 0 Å². The van der Waals surface area contributed by atoms with Gasteiger partial charge in [0.2, 0.25) is 0 Å². The fourth-order valence-electron chi connectivity index (χ4n) is 2.16. The summed E-state index contributed by atoms with van der Waals surface area (Å²) in [5, 5.41) is 0. The van der Waals surface area contributed by atoms with Crippen molar-refractivity contribution in [3.8, 4) is 17.2 Å². The van der Waals surface area contributed by atoms with Crippen LogP contribution in [-0.2, 0) is 6.61 Å². The lowest BCUT2D eigenvalue weighted by Gasteiger charge is -2.21. The number of halogens is 3. The molecule has 0 aliphatic heterocycles. The Labute approximate surface area is 137 Å². The number of alkyl halides is 3. The summed E-state index contributed by atoms with van der Waals surface area (Å²) in [7, 11) is 2.73. The molecule has 0 fully saturated rings. The summed E-state index contributed by atoms with van der Waals surface area (Å²) in [6.07, 6.45) is -4.61. The second-order valence-electron chi connectivity index (χ2n) is 5.04. The molecule has 0 spiro atoms. The minimum Gasteiger partial charge on any atom is -0.493 e. The minimum absolute atomic E-state index is 0.00123. The number of methoxy groups -OCH3 is 2. The van der Waals surface area contributed by atoms with Crippen LogP contribution in [0.3, 0.4) is 0 Å². The molecule has 0 aliphatic carbocycles. The molecule has 130 valence electrons.